The molecule has 0 fully saturated rings. The van der Waals surface area contributed by atoms with Crippen molar-refractivity contribution in [1.29, 1.82) is 0 Å². The van der Waals surface area contributed by atoms with Crippen molar-refractivity contribution in [3.05, 3.63) is 103 Å². The van der Waals surface area contributed by atoms with Gasteiger partial charge in [-0.05, 0) is 41.8 Å². The molecule has 0 saturated heterocycles. The van der Waals surface area contributed by atoms with E-state index in [9.17, 15) is 0 Å². The molecule has 0 atom stereocenters. The minimum Gasteiger partial charge on any atom is -0.191 e. The van der Waals surface area contributed by atoms with Crippen LogP contribution in [0, 0.1) is 0 Å². The summed E-state index contributed by atoms with van der Waals surface area (Å²) in [6.45, 7) is 3.32. The molecule has 1 heterocycles. The molecule has 0 amide bonds. The molecule has 0 unspecified atom stereocenters. The van der Waals surface area contributed by atoms with Crippen molar-refractivity contribution in [3.63, 3.8) is 0 Å². The zero-order chi connectivity index (χ0) is 22.0. The second kappa shape index (κ2) is 11.4. The van der Waals surface area contributed by atoms with Crippen molar-refractivity contribution in [2.45, 2.75) is 52.0 Å². The minimum atomic E-state index is 1.04. The van der Waals surface area contributed by atoms with Crippen LogP contribution in [0.3, 0.4) is 0 Å². The smallest absolute Gasteiger partial charge is 0.191 e. The quantitative estimate of drug-likeness (QED) is 0.179. The van der Waals surface area contributed by atoms with Gasteiger partial charge in [0.05, 0.1) is 0 Å². The standard InChI is InChI=1S/C31H34N/c1-2-3-4-5-6-16-23-32-30(27-19-12-8-13-20-27)24-29(26-17-10-7-11-18-26)25-31(32)28-21-14-9-15-22-28/h7-15,17-22,24-25H,2-6,16,23H2,1H3/q+1. The van der Waals surface area contributed by atoms with Crippen molar-refractivity contribution in [1.82, 2.24) is 0 Å². The first-order valence-corrected chi connectivity index (χ1v) is 12.1. The summed E-state index contributed by atoms with van der Waals surface area (Å²) in [6.07, 6.45) is 7.83. The first-order valence-electron chi connectivity index (χ1n) is 12.1. The van der Waals surface area contributed by atoms with E-state index in [2.05, 4.69) is 115 Å². The molecule has 162 valence electrons. The molecule has 1 aromatic heterocycles. The van der Waals surface area contributed by atoms with E-state index in [1.165, 1.54) is 72.2 Å². The van der Waals surface area contributed by atoms with Crippen molar-refractivity contribution in [2.24, 2.45) is 0 Å². The Balaban J connectivity index is 1.79. The summed E-state index contributed by atoms with van der Waals surface area (Å²) >= 11 is 0. The van der Waals surface area contributed by atoms with Gasteiger partial charge >= 0.3 is 0 Å². The fourth-order valence-corrected chi connectivity index (χ4v) is 4.41. The lowest BCUT2D eigenvalue weighted by Gasteiger charge is -2.13. The monoisotopic (exact) mass is 420 g/mol. The highest BCUT2D eigenvalue weighted by molar-refractivity contribution is 5.73. The molecule has 0 spiro atoms. The summed E-state index contributed by atoms with van der Waals surface area (Å²) in [4.78, 5) is 0. The predicted molar refractivity (Wildman–Crippen MR) is 136 cm³/mol. The number of aromatic nitrogens is 1. The van der Waals surface area contributed by atoms with E-state index < -0.39 is 0 Å². The van der Waals surface area contributed by atoms with Crippen molar-refractivity contribution < 1.29 is 4.57 Å². The summed E-state index contributed by atoms with van der Waals surface area (Å²) in [5.41, 5.74) is 7.65. The maximum atomic E-state index is 2.54. The molecule has 1 heteroatoms. The van der Waals surface area contributed by atoms with Crippen LogP contribution in [0.4, 0.5) is 0 Å². The lowest BCUT2D eigenvalue weighted by Crippen LogP contribution is -2.39. The lowest BCUT2D eigenvalue weighted by molar-refractivity contribution is -0.675. The maximum Gasteiger partial charge on any atom is 0.213 e. The van der Waals surface area contributed by atoms with Crippen LogP contribution >= 0.6 is 0 Å². The Kier molecular flexibility index (Phi) is 7.87. The normalized spacial score (nSPS) is 10.9. The molecule has 0 radical (unpaired) electrons. The Hall–Kier alpha value is -3.19. The number of nitrogens with zero attached hydrogens (tertiary/aromatic N) is 1. The van der Waals surface area contributed by atoms with Crippen LogP contribution in [-0.2, 0) is 6.54 Å². The average Bonchev–Trinajstić information content (AvgIpc) is 2.87. The summed E-state index contributed by atoms with van der Waals surface area (Å²) < 4.78 is 2.54. The molecule has 0 N–H and O–H groups in total. The molecule has 1 nitrogen and oxygen atoms in total. The van der Waals surface area contributed by atoms with Gasteiger partial charge in [0.1, 0.15) is 6.54 Å². The Bertz CT molecular complexity index is 1020. The maximum absolute atomic E-state index is 2.54. The molecule has 4 rings (SSSR count). The highest BCUT2D eigenvalue weighted by Crippen LogP contribution is 2.29. The zero-order valence-corrected chi connectivity index (χ0v) is 19.2. The van der Waals surface area contributed by atoms with E-state index in [1.807, 2.05) is 0 Å². The summed E-state index contributed by atoms with van der Waals surface area (Å²) in [5.74, 6) is 0. The first-order chi connectivity index (χ1) is 15.9. The minimum absolute atomic E-state index is 1.04. The summed E-state index contributed by atoms with van der Waals surface area (Å²) in [5, 5.41) is 0. The number of pyridine rings is 1. The number of rotatable bonds is 10. The SMILES string of the molecule is CCCCCCCC[n+]1c(-c2ccccc2)cc(-c2ccccc2)cc1-c1ccccc1. The Labute approximate surface area is 193 Å². The van der Waals surface area contributed by atoms with Crippen LogP contribution in [0.15, 0.2) is 103 Å². The molecule has 32 heavy (non-hydrogen) atoms. The summed E-state index contributed by atoms with van der Waals surface area (Å²) in [6, 6.07) is 37.2. The van der Waals surface area contributed by atoms with Gasteiger partial charge in [0.25, 0.3) is 0 Å². The van der Waals surface area contributed by atoms with Crippen molar-refractivity contribution in [2.75, 3.05) is 0 Å². The zero-order valence-electron chi connectivity index (χ0n) is 19.2. The Morgan fingerprint density at radius 3 is 1.41 bits per heavy atom. The van der Waals surface area contributed by atoms with E-state index in [0.29, 0.717) is 0 Å². The highest BCUT2D eigenvalue weighted by atomic mass is 15.0. The van der Waals surface area contributed by atoms with Gasteiger partial charge in [-0.25, -0.2) is 0 Å². The van der Waals surface area contributed by atoms with Gasteiger partial charge in [0.2, 0.25) is 11.4 Å². The van der Waals surface area contributed by atoms with E-state index in [1.54, 1.807) is 0 Å². The fourth-order valence-electron chi connectivity index (χ4n) is 4.41. The van der Waals surface area contributed by atoms with Gasteiger partial charge in [0, 0.05) is 29.7 Å². The van der Waals surface area contributed by atoms with Crippen LogP contribution < -0.4 is 4.57 Å². The molecule has 0 aliphatic heterocycles. The molecule has 0 bridgehead atoms. The fraction of sp³-hybridized carbons (Fsp3) is 0.258. The van der Waals surface area contributed by atoms with Crippen LogP contribution in [0.5, 0.6) is 0 Å². The van der Waals surface area contributed by atoms with E-state index in [4.69, 9.17) is 0 Å². The van der Waals surface area contributed by atoms with E-state index in [0.717, 1.165) is 6.54 Å². The molecule has 3 aromatic carbocycles. The lowest BCUT2D eigenvalue weighted by atomic mass is 9.98. The third-order valence-electron chi connectivity index (χ3n) is 6.15. The third kappa shape index (κ3) is 5.53. The molecular weight excluding hydrogens is 386 g/mol. The molecule has 4 aromatic rings. The van der Waals surface area contributed by atoms with E-state index in [-0.39, 0.29) is 0 Å². The Morgan fingerprint density at radius 1 is 0.469 bits per heavy atom. The van der Waals surface area contributed by atoms with Gasteiger partial charge in [-0.1, -0.05) is 99.3 Å². The molecule has 0 aliphatic rings. The van der Waals surface area contributed by atoms with Gasteiger partial charge in [-0.15, -0.1) is 0 Å². The van der Waals surface area contributed by atoms with E-state index >= 15 is 0 Å². The van der Waals surface area contributed by atoms with Gasteiger partial charge in [-0.2, -0.15) is 4.57 Å². The number of unbranched alkanes of at least 4 members (excludes halogenated alkanes) is 5. The second-order valence-electron chi connectivity index (χ2n) is 8.53. The third-order valence-corrected chi connectivity index (χ3v) is 6.15. The topological polar surface area (TPSA) is 3.88 Å². The van der Waals surface area contributed by atoms with Crippen molar-refractivity contribution in [3.8, 4) is 33.6 Å². The van der Waals surface area contributed by atoms with Crippen LogP contribution in [0.25, 0.3) is 33.6 Å². The molecule has 0 saturated carbocycles. The van der Waals surface area contributed by atoms with Gasteiger partial charge < -0.3 is 0 Å². The van der Waals surface area contributed by atoms with Crippen LogP contribution in [0.2, 0.25) is 0 Å². The van der Waals surface area contributed by atoms with Crippen LogP contribution in [-0.4, -0.2) is 0 Å². The number of hydrogen-bond acceptors (Lipinski definition) is 0. The highest BCUT2D eigenvalue weighted by Gasteiger charge is 2.22. The predicted octanol–water partition coefficient (Wildman–Crippen LogP) is 8.34. The molecule has 0 aliphatic carbocycles. The second-order valence-corrected chi connectivity index (χ2v) is 8.53. The average molecular weight is 421 g/mol. The van der Waals surface area contributed by atoms with Gasteiger partial charge in [0.15, 0.2) is 0 Å². The molecular formula is C31H34N+. The largest absolute Gasteiger partial charge is 0.213 e. The van der Waals surface area contributed by atoms with Gasteiger partial charge in [-0.3, -0.25) is 0 Å². The first kappa shape index (κ1) is 22.0. The number of hydrogen-bond donors (Lipinski definition) is 0. The number of benzene rings is 3. The van der Waals surface area contributed by atoms with Crippen molar-refractivity contribution >= 4 is 0 Å². The summed E-state index contributed by atoms with van der Waals surface area (Å²) in [7, 11) is 0. The van der Waals surface area contributed by atoms with Crippen LogP contribution in [0.1, 0.15) is 45.4 Å². The Morgan fingerprint density at radius 2 is 0.906 bits per heavy atom.